The van der Waals surface area contributed by atoms with E-state index in [4.69, 9.17) is 10.5 Å². The van der Waals surface area contributed by atoms with E-state index in [1.54, 1.807) is 18.9 Å². The third kappa shape index (κ3) is 3.03. The first kappa shape index (κ1) is 12.9. The van der Waals surface area contributed by atoms with Crippen LogP contribution in [0.1, 0.15) is 11.3 Å². The van der Waals surface area contributed by atoms with E-state index >= 15 is 0 Å². The minimum Gasteiger partial charge on any atom is -0.496 e. The number of ether oxygens (including phenoxy) is 1. The highest BCUT2D eigenvalue weighted by Gasteiger charge is 2.06. The molecule has 18 heavy (non-hydrogen) atoms. The summed E-state index contributed by atoms with van der Waals surface area (Å²) in [7, 11) is 1.67. The number of para-hydroxylation sites is 1. The Morgan fingerprint density at radius 1 is 1.28 bits per heavy atom. The molecule has 0 saturated heterocycles. The Kier molecular flexibility index (Phi) is 4.23. The summed E-state index contributed by atoms with van der Waals surface area (Å²) in [6.07, 6.45) is 0. The second kappa shape index (κ2) is 5.89. The van der Waals surface area contributed by atoms with Crippen LogP contribution < -0.4 is 10.5 Å². The lowest BCUT2D eigenvalue weighted by Gasteiger charge is -2.08. The molecule has 94 valence electrons. The fourth-order valence-electron chi connectivity index (χ4n) is 1.69. The molecule has 0 aliphatic heterocycles. The third-order valence-corrected chi connectivity index (χ3v) is 3.48. The lowest BCUT2D eigenvalue weighted by molar-refractivity contribution is 0.405. The molecule has 4 heteroatoms. The number of aromatic nitrogens is 1. The summed E-state index contributed by atoms with van der Waals surface area (Å²) in [4.78, 5) is 5.56. The molecule has 2 N–H and O–H groups in total. The van der Waals surface area contributed by atoms with Crippen LogP contribution in [0.15, 0.2) is 46.3 Å². The predicted octanol–water partition coefficient (Wildman–Crippen LogP) is 3.01. The average molecular weight is 260 g/mol. The van der Waals surface area contributed by atoms with Crippen LogP contribution >= 0.6 is 11.8 Å². The summed E-state index contributed by atoms with van der Waals surface area (Å²) in [6.45, 7) is 2.51. The van der Waals surface area contributed by atoms with E-state index in [1.165, 1.54) is 0 Å². The number of hydrogen-bond donors (Lipinski definition) is 1. The van der Waals surface area contributed by atoms with Crippen LogP contribution in [0.25, 0.3) is 0 Å². The first-order valence-corrected chi connectivity index (χ1v) is 6.53. The second-order valence-corrected chi connectivity index (χ2v) is 4.97. The Labute approximate surface area is 111 Å². The largest absolute Gasteiger partial charge is 0.496 e. The van der Waals surface area contributed by atoms with E-state index in [1.807, 2.05) is 43.3 Å². The summed E-state index contributed by atoms with van der Waals surface area (Å²) in [5, 5.41) is 0.944. The summed E-state index contributed by atoms with van der Waals surface area (Å²) in [6, 6.07) is 11.9. The molecule has 1 aromatic carbocycles. The van der Waals surface area contributed by atoms with Gasteiger partial charge in [-0.3, -0.25) is 0 Å². The zero-order valence-corrected chi connectivity index (χ0v) is 11.3. The molecule has 0 spiro atoms. The van der Waals surface area contributed by atoms with Crippen molar-refractivity contribution in [1.82, 2.24) is 4.98 Å². The summed E-state index contributed by atoms with van der Waals surface area (Å²) >= 11 is 1.59. The van der Waals surface area contributed by atoms with Crippen LogP contribution in [0.5, 0.6) is 5.75 Å². The van der Waals surface area contributed by atoms with Crippen molar-refractivity contribution in [2.75, 3.05) is 7.11 Å². The summed E-state index contributed by atoms with van der Waals surface area (Å²) < 4.78 is 5.33. The van der Waals surface area contributed by atoms with E-state index in [-0.39, 0.29) is 0 Å². The number of nitrogens with two attached hydrogens (primary N) is 1. The lowest BCUT2D eigenvalue weighted by atomic mass is 10.2. The van der Waals surface area contributed by atoms with Crippen molar-refractivity contribution in [3.8, 4) is 5.75 Å². The predicted molar refractivity (Wildman–Crippen MR) is 74.0 cm³/mol. The Morgan fingerprint density at radius 3 is 2.78 bits per heavy atom. The highest BCUT2D eigenvalue weighted by Crippen LogP contribution is 2.33. The van der Waals surface area contributed by atoms with E-state index in [2.05, 4.69) is 4.98 Å². The Morgan fingerprint density at radius 2 is 2.06 bits per heavy atom. The van der Waals surface area contributed by atoms with Gasteiger partial charge in [0.2, 0.25) is 0 Å². The molecule has 0 aliphatic carbocycles. The van der Waals surface area contributed by atoms with Crippen LogP contribution in [-0.4, -0.2) is 12.1 Å². The number of aryl methyl sites for hydroxylation is 1. The molecule has 0 amide bonds. The van der Waals surface area contributed by atoms with Crippen LogP contribution in [0.4, 0.5) is 0 Å². The van der Waals surface area contributed by atoms with Crippen molar-refractivity contribution >= 4 is 11.8 Å². The molecule has 0 saturated carbocycles. The fourth-order valence-corrected chi connectivity index (χ4v) is 2.72. The van der Waals surface area contributed by atoms with Crippen molar-refractivity contribution < 1.29 is 4.74 Å². The third-order valence-electron chi connectivity index (χ3n) is 2.51. The maximum atomic E-state index is 5.68. The van der Waals surface area contributed by atoms with Crippen LogP contribution in [-0.2, 0) is 6.54 Å². The monoisotopic (exact) mass is 260 g/mol. The highest BCUT2D eigenvalue weighted by molar-refractivity contribution is 7.99. The van der Waals surface area contributed by atoms with Gasteiger partial charge in [-0.2, -0.15) is 0 Å². The molecule has 3 nitrogen and oxygen atoms in total. The number of methoxy groups -OCH3 is 1. The van der Waals surface area contributed by atoms with E-state index in [0.717, 1.165) is 26.9 Å². The molecule has 0 atom stereocenters. The number of benzene rings is 1. The molecule has 2 aromatic rings. The van der Waals surface area contributed by atoms with Crippen LogP contribution in [0.2, 0.25) is 0 Å². The van der Waals surface area contributed by atoms with E-state index in [0.29, 0.717) is 6.54 Å². The number of pyridine rings is 1. The SMILES string of the molecule is COc1ccccc1Sc1cc(CN)cc(C)n1. The maximum Gasteiger partial charge on any atom is 0.132 e. The fraction of sp³-hybridized carbons (Fsp3) is 0.214. The van der Waals surface area contributed by atoms with Gasteiger partial charge in [-0.15, -0.1) is 0 Å². The Bertz CT molecular complexity index is 543. The van der Waals surface area contributed by atoms with Gasteiger partial charge in [0.1, 0.15) is 10.8 Å². The molecular formula is C14H16N2OS. The van der Waals surface area contributed by atoms with Gasteiger partial charge in [0.25, 0.3) is 0 Å². The Balaban J connectivity index is 2.30. The number of nitrogens with zero attached hydrogens (tertiary/aromatic N) is 1. The minimum atomic E-state index is 0.531. The number of rotatable bonds is 4. The summed E-state index contributed by atoms with van der Waals surface area (Å²) in [5.74, 6) is 0.861. The van der Waals surface area contributed by atoms with Crippen molar-refractivity contribution in [2.45, 2.75) is 23.4 Å². The topological polar surface area (TPSA) is 48.1 Å². The van der Waals surface area contributed by atoms with Gasteiger partial charge in [0, 0.05) is 12.2 Å². The van der Waals surface area contributed by atoms with Gasteiger partial charge >= 0.3 is 0 Å². The molecule has 0 bridgehead atoms. The first-order valence-electron chi connectivity index (χ1n) is 5.71. The van der Waals surface area contributed by atoms with Gasteiger partial charge < -0.3 is 10.5 Å². The van der Waals surface area contributed by atoms with Crippen molar-refractivity contribution in [1.29, 1.82) is 0 Å². The van der Waals surface area contributed by atoms with E-state index < -0.39 is 0 Å². The molecule has 1 aromatic heterocycles. The number of hydrogen-bond acceptors (Lipinski definition) is 4. The van der Waals surface area contributed by atoms with Crippen molar-refractivity contribution in [3.63, 3.8) is 0 Å². The smallest absolute Gasteiger partial charge is 0.132 e. The second-order valence-electron chi connectivity index (χ2n) is 3.91. The molecule has 0 fully saturated rings. The maximum absolute atomic E-state index is 5.68. The van der Waals surface area contributed by atoms with Gasteiger partial charge in [-0.25, -0.2) is 4.98 Å². The molecule has 1 heterocycles. The zero-order valence-electron chi connectivity index (χ0n) is 10.5. The molecule has 0 radical (unpaired) electrons. The van der Waals surface area contributed by atoms with Gasteiger partial charge in [0.15, 0.2) is 0 Å². The van der Waals surface area contributed by atoms with Crippen molar-refractivity contribution in [3.05, 3.63) is 47.7 Å². The Hall–Kier alpha value is -1.52. The molecular weight excluding hydrogens is 244 g/mol. The van der Waals surface area contributed by atoms with Gasteiger partial charge in [-0.1, -0.05) is 23.9 Å². The quantitative estimate of drug-likeness (QED) is 0.918. The average Bonchev–Trinajstić information content (AvgIpc) is 2.38. The molecule has 0 unspecified atom stereocenters. The van der Waals surface area contributed by atoms with Crippen LogP contribution in [0.3, 0.4) is 0 Å². The minimum absolute atomic E-state index is 0.531. The normalized spacial score (nSPS) is 10.4. The highest BCUT2D eigenvalue weighted by atomic mass is 32.2. The van der Waals surface area contributed by atoms with Gasteiger partial charge in [-0.05, 0) is 36.8 Å². The molecule has 0 aliphatic rings. The zero-order chi connectivity index (χ0) is 13.0. The molecule has 2 rings (SSSR count). The van der Waals surface area contributed by atoms with E-state index in [9.17, 15) is 0 Å². The first-order chi connectivity index (χ1) is 8.72. The van der Waals surface area contributed by atoms with Gasteiger partial charge in [0.05, 0.1) is 12.0 Å². The van der Waals surface area contributed by atoms with Crippen molar-refractivity contribution in [2.24, 2.45) is 5.73 Å². The van der Waals surface area contributed by atoms with Crippen LogP contribution in [0, 0.1) is 6.92 Å². The lowest BCUT2D eigenvalue weighted by Crippen LogP contribution is -1.98. The summed E-state index contributed by atoms with van der Waals surface area (Å²) in [5.41, 5.74) is 7.75. The standard InChI is InChI=1S/C14H16N2OS/c1-10-7-11(9-15)8-14(16-10)18-13-6-4-3-5-12(13)17-2/h3-8H,9,15H2,1-2H3.